The number of anilines is 3. The van der Waals surface area contributed by atoms with Crippen LogP contribution in [0.2, 0.25) is 0 Å². The van der Waals surface area contributed by atoms with E-state index in [2.05, 4.69) is 24.8 Å². The van der Waals surface area contributed by atoms with E-state index in [1.165, 1.54) is 12.1 Å². The lowest BCUT2D eigenvalue weighted by Gasteiger charge is -2.31. The first-order valence-corrected chi connectivity index (χ1v) is 11.8. The fourth-order valence-electron chi connectivity index (χ4n) is 4.46. The van der Waals surface area contributed by atoms with Crippen LogP contribution in [0.5, 0.6) is 0 Å². The first-order chi connectivity index (χ1) is 15.7. The number of aromatic nitrogens is 5. The summed E-state index contributed by atoms with van der Waals surface area (Å²) in [6, 6.07) is 12.5. The Labute approximate surface area is 189 Å². The van der Waals surface area contributed by atoms with Crippen molar-refractivity contribution >= 4 is 34.9 Å². The molecule has 2 aliphatic heterocycles. The summed E-state index contributed by atoms with van der Waals surface area (Å²) in [5.41, 5.74) is 2.66. The van der Waals surface area contributed by atoms with Crippen molar-refractivity contribution in [2.24, 2.45) is 0 Å². The van der Waals surface area contributed by atoms with E-state index >= 15 is 0 Å². The van der Waals surface area contributed by atoms with Crippen LogP contribution < -0.4 is 10.2 Å². The average molecular weight is 448 g/mol. The Balaban J connectivity index is 1.24. The van der Waals surface area contributed by atoms with Gasteiger partial charge in [-0.3, -0.25) is 4.40 Å². The molecule has 2 aliphatic rings. The number of rotatable bonds is 4. The van der Waals surface area contributed by atoms with Crippen LogP contribution in [0.3, 0.4) is 0 Å². The summed E-state index contributed by atoms with van der Waals surface area (Å²) in [4.78, 5) is 13.1. The van der Waals surface area contributed by atoms with Gasteiger partial charge in [0, 0.05) is 43.1 Å². The molecule has 0 aliphatic carbocycles. The summed E-state index contributed by atoms with van der Waals surface area (Å²) < 4.78 is 15.8. The Kier molecular flexibility index (Phi) is 4.90. The molecule has 7 nitrogen and oxygen atoms in total. The van der Waals surface area contributed by atoms with Crippen molar-refractivity contribution in [3.63, 3.8) is 0 Å². The van der Waals surface area contributed by atoms with Gasteiger partial charge in [0.25, 0.3) is 0 Å². The molecule has 5 heterocycles. The maximum absolute atomic E-state index is 13.7. The number of thioether (sulfide) groups is 1. The van der Waals surface area contributed by atoms with E-state index in [0.717, 1.165) is 71.9 Å². The highest BCUT2D eigenvalue weighted by Gasteiger charge is 2.28. The van der Waals surface area contributed by atoms with Crippen LogP contribution in [0.4, 0.5) is 21.8 Å². The van der Waals surface area contributed by atoms with Gasteiger partial charge in [-0.25, -0.2) is 9.37 Å². The minimum Gasteiger partial charge on any atom is -0.341 e. The molecule has 3 aromatic heterocycles. The average Bonchev–Trinajstić information content (AvgIpc) is 3.46. The minimum absolute atomic E-state index is 0.267. The molecule has 162 valence electrons. The first kappa shape index (κ1) is 19.5. The fourth-order valence-corrected chi connectivity index (χ4v) is 5.51. The number of nitrogens with zero attached hydrogens (tertiary/aromatic N) is 6. The molecule has 1 saturated heterocycles. The SMILES string of the molecule is Fc1cccc(Nc2nc(N3CCC(c4nnc5ccccn45)CC3)nc3c2SCC3)c1. The monoisotopic (exact) mass is 447 g/mol. The van der Waals surface area contributed by atoms with E-state index in [-0.39, 0.29) is 5.82 Å². The number of fused-ring (bicyclic) bond motifs is 2. The summed E-state index contributed by atoms with van der Waals surface area (Å²) in [5, 5.41) is 12.1. The highest BCUT2D eigenvalue weighted by molar-refractivity contribution is 7.99. The van der Waals surface area contributed by atoms with E-state index in [1.54, 1.807) is 17.8 Å². The van der Waals surface area contributed by atoms with Gasteiger partial charge < -0.3 is 10.2 Å². The highest BCUT2D eigenvalue weighted by atomic mass is 32.2. The smallest absolute Gasteiger partial charge is 0.227 e. The van der Waals surface area contributed by atoms with Gasteiger partial charge in [0.2, 0.25) is 5.95 Å². The first-order valence-electron chi connectivity index (χ1n) is 10.9. The maximum Gasteiger partial charge on any atom is 0.227 e. The van der Waals surface area contributed by atoms with Gasteiger partial charge in [-0.05, 0) is 43.2 Å². The molecule has 0 spiro atoms. The van der Waals surface area contributed by atoms with Gasteiger partial charge >= 0.3 is 0 Å². The van der Waals surface area contributed by atoms with Crippen molar-refractivity contribution in [2.75, 3.05) is 29.1 Å². The highest BCUT2D eigenvalue weighted by Crippen LogP contribution is 2.38. The van der Waals surface area contributed by atoms with E-state index in [1.807, 2.05) is 30.5 Å². The van der Waals surface area contributed by atoms with E-state index in [9.17, 15) is 4.39 Å². The summed E-state index contributed by atoms with van der Waals surface area (Å²) in [6.07, 6.45) is 4.90. The van der Waals surface area contributed by atoms with Crippen LogP contribution in [-0.4, -0.2) is 43.4 Å². The lowest BCUT2D eigenvalue weighted by molar-refractivity contribution is 0.477. The van der Waals surface area contributed by atoms with Gasteiger partial charge in [0.05, 0.1) is 10.6 Å². The Morgan fingerprint density at radius 2 is 1.94 bits per heavy atom. The lowest BCUT2D eigenvalue weighted by atomic mass is 9.96. The number of aryl methyl sites for hydroxylation is 1. The Hall–Kier alpha value is -3.20. The number of halogens is 1. The zero-order chi connectivity index (χ0) is 21.5. The number of pyridine rings is 1. The van der Waals surface area contributed by atoms with Crippen molar-refractivity contribution in [1.82, 2.24) is 24.6 Å². The largest absolute Gasteiger partial charge is 0.341 e. The molecule has 0 saturated carbocycles. The molecular formula is C23H22FN7S. The van der Waals surface area contributed by atoms with E-state index < -0.39 is 0 Å². The second kappa shape index (κ2) is 8.05. The molecular weight excluding hydrogens is 425 g/mol. The molecule has 6 rings (SSSR count). The van der Waals surface area contributed by atoms with Crippen LogP contribution in [0.15, 0.2) is 53.6 Å². The van der Waals surface area contributed by atoms with Crippen LogP contribution in [0.25, 0.3) is 5.65 Å². The number of hydrogen-bond donors (Lipinski definition) is 1. The molecule has 0 radical (unpaired) electrons. The topological polar surface area (TPSA) is 71.2 Å². The van der Waals surface area contributed by atoms with Crippen LogP contribution in [0.1, 0.15) is 30.3 Å². The molecule has 9 heteroatoms. The summed E-state index contributed by atoms with van der Waals surface area (Å²) in [7, 11) is 0. The molecule has 1 aromatic carbocycles. The zero-order valence-corrected chi connectivity index (χ0v) is 18.2. The Bertz CT molecular complexity index is 1280. The van der Waals surface area contributed by atoms with Gasteiger partial charge in [0.1, 0.15) is 17.5 Å². The number of nitrogens with one attached hydrogen (secondary N) is 1. The Morgan fingerprint density at radius 1 is 1.03 bits per heavy atom. The summed E-state index contributed by atoms with van der Waals surface area (Å²) >= 11 is 1.76. The maximum atomic E-state index is 13.7. The minimum atomic E-state index is -0.267. The van der Waals surface area contributed by atoms with E-state index in [0.29, 0.717) is 11.6 Å². The summed E-state index contributed by atoms with van der Waals surface area (Å²) in [6.45, 7) is 1.72. The van der Waals surface area contributed by atoms with Crippen LogP contribution in [-0.2, 0) is 6.42 Å². The molecule has 1 fully saturated rings. The van der Waals surface area contributed by atoms with Crippen LogP contribution >= 0.6 is 11.8 Å². The number of piperidine rings is 1. The molecule has 32 heavy (non-hydrogen) atoms. The third kappa shape index (κ3) is 3.56. The van der Waals surface area contributed by atoms with Gasteiger partial charge in [-0.2, -0.15) is 4.98 Å². The zero-order valence-electron chi connectivity index (χ0n) is 17.4. The van der Waals surface area contributed by atoms with Crippen molar-refractivity contribution in [2.45, 2.75) is 30.1 Å². The van der Waals surface area contributed by atoms with Crippen molar-refractivity contribution in [3.05, 3.63) is 66.0 Å². The third-order valence-corrected chi connectivity index (χ3v) is 7.21. The second-order valence-electron chi connectivity index (χ2n) is 8.13. The van der Waals surface area contributed by atoms with Gasteiger partial charge in [0.15, 0.2) is 5.65 Å². The summed E-state index contributed by atoms with van der Waals surface area (Å²) in [5.74, 6) is 3.63. The second-order valence-corrected chi connectivity index (χ2v) is 9.24. The molecule has 4 aromatic rings. The molecule has 0 amide bonds. The predicted molar refractivity (Wildman–Crippen MR) is 123 cm³/mol. The molecule has 0 unspecified atom stereocenters. The van der Waals surface area contributed by atoms with Gasteiger partial charge in [-0.1, -0.05) is 12.1 Å². The number of hydrogen-bond acceptors (Lipinski definition) is 7. The third-order valence-electron chi connectivity index (χ3n) is 6.08. The lowest BCUT2D eigenvalue weighted by Crippen LogP contribution is -2.35. The number of benzene rings is 1. The van der Waals surface area contributed by atoms with Crippen LogP contribution in [0, 0.1) is 5.82 Å². The molecule has 1 N–H and O–H groups in total. The van der Waals surface area contributed by atoms with Crippen molar-refractivity contribution in [1.29, 1.82) is 0 Å². The molecule has 0 bridgehead atoms. The van der Waals surface area contributed by atoms with Gasteiger partial charge in [-0.15, -0.1) is 22.0 Å². The predicted octanol–water partition coefficient (Wildman–Crippen LogP) is 4.43. The normalized spacial score (nSPS) is 16.5. The fraction of sp³-hybridized carbons (Fsp3) is 0.304. The Morgan fingerprint density at radius 3 is 2.81 bits per heavy atom. The van der Waals surface area contributed by atoms with Crippen molar-refractivity contribution in [3.8, 4) is 0 Å². The van der Waals surface area contributed by atoms with Crippen molar-refractivity contribution < 1.29 is 4.39 Å². The van der Waals surface area contributed by atoms with E-state index in [4.69, 9.17) is 9.97 Å². The molecule has 0 atom stereocenters. The standard InChI is InChI=1S/C23H22FN7S/c24-16-4-3-5-17(14-16)25-21-20-18(9-13-32-20)26-23(27-21)30-11-7-15(8-12-30)22-29-28-19-6-1-2-10-31(19)22/h1-6,10,14-15H,7-9,11-13H2,(H,25,26,27). The quantitative estimate of drug-likeness (QED) is 0.496.